The van der Waals surface area contributed by atoms with Crippen LogP contribution >= 0.6 is 0 Å². The molecule has 6 heteroatoms. The summed E-state index contributed by atoms with van der Waals surface area (Å²) in [7, 11) is -1.20. The Morgan fingerprint density at radius 3 is 2.38 bits per heavy atom. The lowest BCUT2D eigenvalue weighted by Crippen LogP contribution is -2.33. The van der Waals surface area contributed by atoms with E-state index >= 15 is 0 Å². The van der Waals surface area contributed by atoms with Crippen LogP contribution in [0.1, 0.15) is 37.7 Å². The summed E-state index contributed by atoms with van der Waals surface area (Å²) in [5.41, 5.74) is 6.85. The molecule has 0 fully saturated rings. The molecule has 2 N–H and O–H groups in total. The molecule has 0 heterocycles. The number of rotatable bonds is 12. The number of unbranched alkanes of at least 4 members (excludes halogenated alkanes) is 2. The Morgan fingerprint density at radius 1 is 1.04 bits per heavy atom. The number of esters is 2. The average molecular weight is 380 g/mol. The van der Waals surface area contributed by atoms with E-state index in [4.69, 9.17) is 15.2 Å². The number of carbonyl (C=O) groups excluding carboxylic acids is 2. The second-order valence-electron chi connectivity index (χ2n) is 7.83. The van der Waals surface area contributed by atoms with E-state index in [0.717, 1.165) is 30.9 Å². The van der Waals surface area contributed by atoms with Crippen LogP contribution in [0.5, 0.6) is 0 Å². The van der Waals surface area contributed by atoms with Crippen LogP contribution in [0.4, 0.5) is 0 Å². The largest absolute Gasteiger partial charge is 0.465 e. The minimum Gasteiger partial charge on any atom is -0.465 e. The Balaban J connectivity index is 2.05. The predicted octanol–water partition coefficient (Wildman–Crippen LogP) is 3.89. The van der Waals surface area contributed by atoms with E-state index in [0.29, 0.717) is 26.1 Å². The van der Waals surface area contributed by atoms with Crippen LogP contribution in [-0.4, -0.2) is 32.7 Å². The molecular weight excluding hydrogens is 346 g/mol. The van der Waals surface area contributed by atoms with E-state index in [1.165, 1.54) is 0 Å². The van der Waals surface area contributed by atoms with Crippen molar-refractivity contribution in [3.8, 4) is 0 Å². The van der Waals surface area contributed by atoms with E-state index in [1.54, 1.807) is 0 Å². The highest BCUT2D eigenvalue weighted by Gasteiger charge is 2.17. The van der Waals surface area contributed by atoms with E-state index in [1.807, 2.05) is 30.3 Å². The Morgan fingerprint density at radius 2 is 1.73 bits per heavy atom. The van der Waals surface area contributed by atoms with Gasteiger partial charge in [0.25, 0.3) is 0 Å². The summed E-state index contributed by atoms with van der Waals surface area (Å²) in [6.07, 6.45) is 3.37. The summed E-state index contributed by atoms with van der Waals surface area (Å²) in [6, 6.07) is 10.0. The molecule has 146 valence electrons. The minimum absolute atomic E-state index is 0.191. The topological polar surface area (TPSA) is 78.6 Å². The van der Waals surface area contributed by atoms with E-state index < -0.39 is 14.1 Å². The molecule has 26 heavy (non-hydrogen) atoms. The number of nitrogens with two attached hydrogens (primary N) is 1. The molecule has 1 rings (SSSR count). The van der Waals surface area contributed by atoms with Gasteiger partial charge in [0, 0.05) is 14.5 Å². The molecule has 0 aromatic heterocycles. The van der Waals surface area contributed by atoms with Gasteiger partial charge >= 0.3 is 11.9 Å². The van der Waals surface area contributed by atoms with E-state index in [9.17, 15) is 9.59 Å². The zero-order chi connectivity index (χ0) is 19.4. The molecule has 0 bridgehead atoms. The van der Waals surface area contributed by atoms with Crippen molar-refractivity contribution in [3.05, 3.63) is 35.9 Å². The third-order valence-electron chi connectivity index (χ3n) is 4.04. The van der Waals surface area contributed by atoms with Crippen LogP contribution in [0.25, 0.3) is 0 Å². The molecule has 0 saturated carbocycles. The first-order valence-corrected chi connectivity index (χ1v) is 13.1. The fourth-order valence-corrected chi connectivity index (χ4v) is 3.02. The van der Waals surface area contributed by atoms with Crippen molar-refractivity contribution in [2.45, 2.75) is 70.4 Å². The van der Waals surface area contributed by atoms with Gasteiger partial charge in [-0.15, -0.1) is 0 Å². The van der Waals surface area contributed by atoms with Crippen molar-refractivity contribution in [2.24, 2.45) is 5.73 Å². The van der Waals surface area contributed by atoms with Gasteiger partial charge in [-0.25, -0.2) is 0 Å². The fourth-order valence-electron chi connectivity index (χ4n) is 2.30. The van der Waals surface area contributed by atoms with Gasteiger partial charge in [-0.05, 0) is 24.4 Å². The Bertz CT molecular complexity index is 542. The maximum absolute atomic E-state index is 11.8. The van der Waals surface area contributed by atoms with Gasteiger partial charge in [-0.2, -0.15) is 0 Å². The fraction of sp³-hybridized carbons (Fsp3) is 0.600. The molecule has 0 spiro atoms. The van der Waals surface area contributed by atoms with Gasteiger partial charge in [0.1, 0.15) is 12.6 Å². The quantitative estimate of drug-likeness (QED) is 0.339. The van der Waals surface area contributed by atoms with Crippen LogP contribution in [0.3, 0.4) is 0 Å². The zero-order valence-electron chi connectivity index (χ0n) is 16.3. The van der Waals surface area contributed by atoms with Gasteiger partial charge in [0.05, 0.1) is 6.61 Å². The molecular formula is C20H33NO4Si. The van der Waals surface area contributed by atoms with Gasteiger partial charge in [0.2, 0.25) is 0 Å². The maximum Gasteiger partial charge on any atom is 0.322 e. The molecule has 0 radical (unpaired) electrons. The molecule has 1 aromatic rings. The lowest BCUT2D eigenvalue weighted by Gasteiger charge is -2.17. The molecule has 1 aromatic carbocycles. The first-order valence-electron chi connectivity index (χ1n) is 9.40. The first kappa shape index (κ1) is 22.4. The number of ether oxygens (including phenoxy) is 2. The van der Waals surface area contributed by atoms with Crippen molar-refractivity contribution in [1.29, 1.82) is 0 Å². The molecule has 0 aliphatic rings. The highest BCUT2D eigenvalue weighted by atomic mass is 28.3. The lowest BCUT2D eigenvalue weighted by molar-refractivity contribution is -0.146. The summed E-state index contributed by atoms with van der Waals surface area (Å²) >= 11 is 0. The monoisotopic (exact) mass is 379 g/mol. The first-order chi connectivity index (χ1) is 12.3. The van der Waals surface area contributed by atoms with Crippen LogP contribution < -0.4 is 5.73 Å². The normalized spacial score (nSPS) is 12.5. The van der Waals surface area contributed by atoms with Crippen molar-refractivity contribution < 1.29 is 19.1 Å². The van der Waals surface area contributed by atoms with Gasteiger partial charge < -0.3 is 15.2 Å². The number of hydrogen-bond acceptors (Lipinski definition) is 5. The van der Waals surface area contributed by atoms with Crippen LogP contribution in [0.15, 0.2) is 30.3 Å². The third kappa shape index (κ3) is 11.0. The summed E-state index contributed by atoms with van der Waals surface area (Å²) in [4.78, 5) is 23.5. The summed E-state index contributed by atoms with van der Waals surface area (Å²) in [6.45, 7) is 7.51. The third-order valence-corrected chi connectivity index (χ3v) is 5.74. The predicted molar refractivity (Wildman–Crippen MR) is 106 cm³/mol. The summed E-state index contributed by atoms with van der Waals surface area (Å²) in [5, 5.41) is 0. The number of hydrogen-bond donors (Lipinski definition) is 1. The van der Waals surface area contributed by atoms with Crippen LogP contribution in [0.2, 0.25) is 25.7 Å². The average Bonchev–Trinajstić information content (AvgIpc) is 2.59. The van der Waals surface area contributed by atoms with Crippen LogP contribution in [0, 0.1) is 0 Å². The Kier molecular flexibility index (Phi) is 10.2. The SMILES string of the molecule is C[Si](C)(C)CCOC(=O)[C@@H](N)CCCCCC(=O)OCc1ccccc1. The summed E-state index contributed by atoms with van der Waals surface area (Å²) in [5.74, 6) is -0.505. The second kappa shape index (κ2) is 11.9. The molecule has 0 unspecified atom stereocenters. The highest BCUT2D eigenvalue weighted by Crippen LogP contribution is 2.10. The van der Waals surface area contributed by atoms with Crippen molar-refractivity contribution in [2.75, 3.05) is 6.61 Å². The van der Waals surface area contributed by atoms with Gasteiger partial charge in [-0.3, -0.25) is 9.59 Å². The van der Waals surface area contributed by atoms with Crippen molar-refractivity contribution in [3.63, 3.8) is 0 Å². The minimum atomic E-state index is -1.20. The van der Waals surface area contributed by atoms with Gasteiger partial charge in [-0.1, -0.05) is 62.8 Å². The number of carbonyl (C=O) groups is 2. The van der Waals surface area contributed by atoms with E-state index in [2.05, 4.69) is 19.6 Å². The van der Waals surface area contributed by atoms with Crippen LogP contribution in [-0.2, 0) is 25.7 Å². The molecule has 5 nitrogen and oxygen atoms in total. The smallest absolute Gasteiger partial charge is 0.322 e. The number of benzene rings is 1. The summed E-state index contributed by atoms with van der Waals surface area (Å²) < 4.78 is 10.5. The molecule has 0 aliphatic heterocycles. The van der Waals surface area contributed by atoms with E-state index in [-0.39, 0.29) is 11.9 Å². The zero-order valence-corrected chi connectivity index (χ0v) is 17.3. The highest BCUT2D eigenvalue weighted by molar-refractivity contribution is 6.76. The van der Waals surface area contributed by atoms with Gasteiger partial charge in [0.15, 0.2) is 0 Å². The standard InChI is InChI=1S/C20H33NO4Si/c1-26(2,3)15-14-24-20(23)18(21)12-8-5-9-13-19(22)25-16-17-10-6-4-7-11-17/h4,6-7,10-11,18H,5,8-9,12-16,21H2,1-3H3/t18-/m0/s1. The lowest BCUT2D eigenvalue weighted by atomic mass is 10.1. The molecule has 1 atom stereocenters. The molecule has 0 aliphatic carbocycles. The molecule has 0 amide bonds. The maximum atomic E-state index is 11.8. The Hall–Kier alpha value is -1.66. The van der Waals surface area contributed by atoms with Crippen molar-refractivity contribution in [1.82, 2.24) is 0 Å². The molecule has 0 saturated heterocycles. The second-order valence-corrected chi connectivity index (χ2v) is 13.5. The Labute approximate surface area is 158 Å². The van der Waals surface area contributed by atoms with Crippen molar-refractivity contribution >= 4 is 20.0 Å².